The molecular formula is C16H20F3N5O2. The van der Waals surface area contributed by atoms with Crippen molar-refractivity contribution in [2.24, 2.45) is 20.0 Å². The van der Waals surface area contributed by atoms with E-state index in [0.29, 0.717) is 36.4 Å². The Kier molecular flexibility index (Phi) is 4.78. The van der Waals surface area contributed by atoms with Crippen LogP contribution in [0, 0.1) is 5.92 Å². The van der Waals surface area contributed by atoms with Crippen LogP contribution in [0.5, 0.6) is 0 Å². The van der Waals surface area contributed by atoms with Gasteiger partial charge in [0.1, 0.15) is 17.6 Å². The fourth-order valence-corrected chi connectivity index (χ4v) is 3.29. The SMILES string of the molecule is Cn1ccnc1C(O)C1CCN(C(=O)c2cc(C(F)(F)F)n(C)n2)CC1. The highest BCUT2D eigenvalue weighted by Crippen LogP contribution is 2.32. The van der Waals surface area contributed by atoms with Gasteiger partial charge in [-0.25, -0.2) is 4.98 Å². The number of aryl methyl sites for hydroxylation is 2. The van der Waals surface area contributed by atoms with Crippen molar-refractivity contribution in [3.05, 3.63) is 35.7 Å². The summed E-state index contributed by atoms with van der Waals surface area (Å²) in [6, 6.07) is 0.775. The lowest BCUT2D eigenvalue weighted by Gasteiger charge is -2.33. The normalized spacial score (nSPS) is 17.5. The van der Waals surface area contributed by atoms with Gasteiger partial charge in [0, 0.05) is 45.6 Å². The third kappa shape index (κ3) is 3.46. The van der Waals surface area contributed by atoms with E-state index < -0.39 is 23.9 Å². The van der Waals surface area contributed by atoms with Gasteiger partial charge in [-0.05, 0) is 18.8 Å². The zero-order valence-electron chi connectivity index (χ0n) is 14.4. The number of nitrogens with zero attached hydrogens (tertiary/aromatic N) is 5. The predicted molar refractivity (Wildman–Crippen MR) is 85.0 cm³/mol. The van der Waals surface area contributed by atoms with Crippen LogP contribution in [-0.4, -0.2) is 48.3 Å². The molecule has 1 amide bonds. The van der Waals surface area contributed by atoms with Gasteiger partial charge < -0.3 is 14.6 Å². The molecule has 1 fully saturated rings. The molecule has 0 aliphatic carbocycles. The number of rotatable bonds is 3. The quantitative estimate of drug-likeness (QED) is 0.892. The third-order valence-corrected chi connectivity index (χ3v) is 4.79. The van der Waals surface area contributed by atoms with E-state index in [1.807, 2.05) is 0 Å². The second-order valence-corrected chi connectivity index (χ2v) is 6.51. The number of likely N-dealkylation sites (tertiary alicyclic amines) is 1. The lowest BCUT2D eigenvalue weighted by atomic mass is 9.90. The largest absolute Gasteiger partial charge is 0.433 e. The maximum atomic E-state index is 12.9. The molecule has 1 saturated heterocycles. The van der Waals surface area contributed by atoms with Crippen molar-refractivity contribution in [1.82, 2.24) is 24.2 Å². The van der Waals surface area contributed by atoms with Crippen LogP contribution in [0.3, 0.4) is 0 Å². The fourth-order valence-electron chi connectivity index (χ4n) is 3.29. The first-order chi connectivity index (χ1) is 12.2. The van der Waals surface area contributed by atoms with Crippen LogP contribution in [0.4, 0.5) is 13.2 Å². The van der Waals surface area contributed by atoms with E-state index in [1.165, 1.54) is 4.90 Å². The number of hydrogen-bond donors (Lipinski definition) is 1. The Morgan fingerprint density at radius 2 is 1.96 bits per heavy atom. The van der Waals surface area contributed by atoms with Crippen LogP contribution in [0.15, 0.2) is 18.5 Å². The molecule has 1 atom stereocenters. The maximum absolute atomic E-state index is 12.9. The second kappa shape index (κ2) is 6.75. The molecule has 142 valence electrons. The van der Waals surface area contributed by atoms with Gasteiger partial charge in [-0.15, -0.1) is 0 Å². The zero-order valence-corrected chi connectivity index (χ0v) is 14.4. The molecule has 26 heavy (non-hydrogen) atoms. The van der Waals surface area contributed by atoms with Gasteiger partial charge in [0.25, 0.3) is 5.91 Å². The summed E-state index contributed by atoms with van der Waals surface area (Å²) < 4.78 is 41.0. The molecule has 0 spiro atoms. The Bertz CT molecular complexity index is 790. The average Bonchev–Trinajstić information content (AvgIpc) is 3.19. The minimum Gasteiger partial charge on any atom is -0.385 e. The van der Waals surface area contributed by atoms with Crippen molar-refractivity contribution < 1.29 is 23.1 Å². The first-order valence-corrected chi connectivity index (χ1v) is 8.24. The first kappa shape index (κ1) is 18.4. The summed E-state index contributed by atoms with van der Waals surface area (Å²) in [7, 11) is 2.96. The molecule has 1 unspecified atom stereocenters. The van der Waals surface area contributed by atoms with Gasteiger partial charge >= 0.3 is 6.18 Å². The summed E-state index contributed by atoms with van der Waals surface area (Å²) in [6.45, 7) is 0.700. The fraction of sp³-hybridized carbons (Fsp3) is 0.562. The van der Waals surface area contributed by atoms with Crippen LogP contribution in [0.25, 0.3) is 0 Å². The van der Waals surface area contributed by atoms with Crippen molar-refractivity contribution in [2.45, 2.75) is 25.1 Å². The number of aromatic nitrogens is 4. The molecule has 10 heteroatoms. The lowest BCUT2D eigenvalue weighted by Crippen LogP contribution is -2.40. The summed E-state index contributed by atoms with van der Waals surface area (Å²) in [5.41, 5.74) is -1.18. The number of carbonyl (C=O) groups excluding carboxylic acids is 1. The topological polar surface area (TPSA) is 76.2 Å². The molecule has 0 aromatic carbocycles. The first-order valence-electron chi connectivity index (χ1n) is 8.24. The van der Waals surface area contributed by atoms with Crippen molar-refractivity contribution in [3.8, 4) is 0 Å². The van der Waals surface area contributed by atoms with E-state index in [4.69, 9.17) is 0 Å². The predicted octanol–water partition coefficient (Wildman–Crippen LogP) is 1.76. The summed E-state index contributed by atoms with van der Waals surface area (Å²) >= 11 is 0. The number of imidazole rings is 1. The summed E-state index contributed by atoms with van der Waals surface area (Å²) in [6.07, 6.45) is -0.858. The Hall–Kier alpha value is -2.36. The van der Waals surface area contributed by atoms with Crippen LogP contribution >= 0.6 is 0 Å². The Morgan fingerprint density at radius 1 is 1.31 bits per heavy atom. The Morgan fingerprint density at radius 3 is 2.46 bits per heavy atom. The molecule has 3 heterocycles. The molecule has 3 rings (SSSR count). The molecule has 1 aliphatic rings. The second-order valence-electron chi connectivity index (χ2n) is 6.51. The molecule has 0 saturated carbocycles. The van der Waals surface area contributed by atoms with Crippen LogP contribution in [0.2, 0.25) is 0 Å². The molecule has 0 radical (unpaired) electrons. The van der Waals surface area contributed by atoms with Crippen molar-refractivity contribution in [1.29, 1.82) is 0 Å². The number of amides is 1. The van der Waals surface area contributed by atoms with Gasteiger partial charge in [0.2, 0.25) is 0 Å². The van der Waals surface area contributed by atoms with E-state index in [9.17, 15) is 23.1 Å². The highest BCUT2D eigenvalue weighted by Gasteiger charge is 2.37. The zero-order chi connectivity index (χ0) is 19.1. The summed E-state index contributed by atoms with van der Waals surface area (Å²) in [4.78, 5) is 18.1. The van der Waals surface area contributed by atoms with Gasteiger partial charge in [-0.3, -0.25) is 9.48 Å². The van der Waals surface area contributed by atoms with Gasteiger partial charge in [-0.2, -0.15) is 18.3 Å². The Labute approximate surface area is 148 Å². The monoisotopic (exact) mass is 371 g/mol. The highest BCUT2D eigenvalue weighted by atomic mass is 19.4. The van der Waals surface area contributed by atoms with Gasteiger partial charge in [-0.1, -0.05) is 0 Å². The van der Waals surface area contributed by atoms with Crippen LogP contribution in [-0.2, 0) is 20.3 Å². The molecule has 0 bridgehead atoms. The van der Waals surface area contributed by atoms with E-state index >= 15 is 0 Å². The molecule has 1 aliphatic heterocycles. The van der Waals surface area contributed by atoms with Gasteiger partial charge in [0.05, 0.1) is 0 Å². The minimum absolute atomic E-state index is 0.0605. The molecule has 7 nitrogen and oxygen atoms in total. The number of aliphatic hydroxyl groups is 1. The van der Waals surface area contributed by atoms with Crippen molar-refractivity contribution in [2.75, 3.05) is 13.1 Å². The Balaban J connectivity index is 1.65. The number of carbonyl (C=O) groups is 1. The van der Waals surface area contributed by atoms with Crippen LogP contribution in [0.1, 0.15) is 41.0 Å². The average molecular weight is 371 g/mol. The van der Waals surface area contributed by atoms with Crippen molar-refractivity contribution in [3.63, 3.8) is 0 Å². The standard InChI is InChI=1S/C16H20F3N5O2/c1-22-8-5-20-14(22)13(25)10-3-6-24(7-4-10)15(26)11-9-12(16(17,18)19)23(2)21-11/h5,8-10,13,25H,3-4,6-7H2,1-2H3. The number of piperidine rings is 1. The molecular weight excluding hydrogens is 351 g/mol. The summed E-state index contributed by atoms with van der Waals surface area (Å²) in [5, 5.41) is 14.2. The maximum Gasteiger partial charge on any atom is 0.433 e. The van der Waals surface area contributed by atoms with Crippen LogP contribution < -0.4 is 0 Å². The highest BCUT2D eigenvalue weighted by molar-refractivity contribution is 5.92. The van der Waals surface area contributed by atoms with E-state index in [-0.39, 0.29) is 11.6 Å². The van der Waals surface area contributed by atoms with Gasteiger partial charge in [0.15, 0.2) is 5.69 Å². The smallest absolute Gasteiger partial charge is 0.385 e. The number of hydrogen-bond acceptors (Lipinski definition) is 4. The van der Waals surface area contributed by atoms with E-state index in [0.717, 1.165) is 13.1 Å². The number of aliphatic hydroxyl groups excluding tert-OH is 1. The van der Waals surface area contributed by atoms with E-state index in [1.54, 1.807) is 24.0 Å². The number of alkyl halides is 3. The molecule has 1 N–H and O–H groups in total. The van der Waals surface area contributed by atoms with Crippen molar-refractivity contribution >= 4 is 5.91 Å². The third-order valence-electron chi connectivity index (χ3n) is 4.79. The number of halogens is 3. The minimum atomic E-state index is -4.56. The molecule has 2 aromatic heterocycles. The summed E-state index contributed by atoms with van der Waals surface area (Å²) in [5.74, 6) is -0.0232. The lowest BCUT2D eigenvalue weighted by molar-refractivity contribution is -0.143. The van der Waals surface area contributed by atoms with E-state index in [2.05, 4.69) is 10.1 Å². The molecule has 2 aromatic rings.